The van der Waals surface area contributed by atoms with Crippen molar-refractivity contribution in [2.24, 2.45) is 0 Å². The fraction of sp³-hybridized carbons (Fsp3) is 0.300. The van der Waals surface area contributed by atoms with E-state index in [2.05, 4.69) is 4.74 Å². The fourth-order valence-electron chi connectivity index (χ4n) is 1.25. The van der Waals surface area contributed by atoms with Crippen molar-refractivity contribution < 1.29 is 23.2 Å². The molecular formula is C10H10F2N2O4. The van der Waals surface area contributed by atoms with Crippen LogP contribution < -0.4 is 4.74 Å². The number of hydrogen-bond donors (Lipinski definition) is 0. The van der Waals surface area contributed by atoms with Crippen LogP contribution in [0.15, 0.2) is 18.2 Å². The standard InChI is InChI=1S/C10H10F2N2O4/c1-13(2)9(15)6-3-4-8(18-10(11)12)7(5-6)14(16)17/h3-5,10H,1-2H3. The zero-order chi connectivity index (χ0) is 13.9. The normalized spacial score (nSPS) is 10.3. The average molecular weight is 260 g/mol. The number of carbonyl (C=O) groups is 1. The van der Waals surface area contributed by atoms with Gasteiger partial charge in [0.1, 0.15) is 0 Å². The Labute approximate surface area is 101 Å². The third kappa shape index (κ3) is 3.12. The van der Waals surface area contributed by atoms with Gasteiger partial charge in [-0.15, -0.1) is 0 Å². The molecule has 0 unspecified atom stereocenters. The molecule has 0 saturated carbocycles. The molecule has 0 fully saturated rings. The Morgan fingerprint density at radius 1 is 1.44 bits per heavy atom. The summed E-state index contributed by atoms with van der Waals surface area (Å²) in [7, 11) is 2.94. The highest BCUT2D eigenvalue weighted by Gasteiger charge is 2.21. The summed E-state index contributed by atoms with van der Waals surface area (Å²) < 4.78 is 28.1. The number of amides is 1. The highest BCUT2D eigenvalue weighted by molar-refractivity contribution is 5.94. The minimum absolute atomic E-state index is 0.0216. The molecule has 0 aromatic heterocycles. The van der Waals surface area contributed by atoms with Crippen molar-refractivity contribution in [3.8, 4) is 5.75 Å². The maximum Gasteiger partial charge on any atom is 0.387 e. The summed E-state index contributed by atoms with van der Waals surface area (Å²) in [4.78, 5) is 22.6. The number of alkyl halides is 2. The van der Waals surface area contributed by atoms with Crippen molar-refractivity contribution in [1.29, 1.82) is 0 Å². The maximum atomic E-state index is 12.0. The fourth-order valence-corrected chi connectivity index (χ4v) is 1.25. The van der Waals surface area contributed by atoms with E-state index < -0.39 is 28.9 Å². The van der Waals surface area contributed by atoms with Crippen LogP contribution in [0.3, 0.4) is 0 Å². The first-order valence-electron chi connectivity index (χ1n) is 4.78. The van der Waals surface area contributed by atoms with Gasteiger partial charge in [-0.05, 0) is 12.1 Å². The summed E-state index contributed by atoms with van der Waals surface area (Å²) in [6.07, 6.45) is 0. The first kappa shape index (κ1) is 13.8. The zero-order valence-electron chi connectivity index (χ0n) is 9.59. The number of carbonyl (C=O) groups excluding carboxylic acids is 1. The van der Waals surface area contributed by atoms with Crippen molar-refractivity contribution in [3.05, 3.63) is 33.9 Å². The van der Waals surface area contributed by atoms with E-state index in [1.165, 1.54) is 25.1 Å². The Balaban J connectivity index is 3.19. The molecule has 0 heterocycles. The number of rotatable bonds is 4. The predicted octanol–water partition coefficient (Wildman–Crippen LogP) is 1.90. The second kappa shape index (κ2) is 5.39. The molecule has 1 rings (SSSR count). The summed E-state index contributed by atoms with van der Waals surface area (Å²) in [6, 6.07) is 3.06. The highest BCUT2D eigenvalue weighted by Crippen LogP contribution is 2.29. The van der Waals surface area contributed by atoms with E-state index >= 15 is 0 Å². The van der Waals surface area contributed by atoms with Crippen molar-refractivity contribution >= 4 is 11.6 Å². The molecule has 8 heteroatoms. The zero-order valence-corrected chi connectivity index (χ0v) is 9.59. The largest absolute Gasteiger partial charge is 0.427 e. The van der Waals surface area contributed by atoms with E-state index in [9.17, 15) is 23.7 Å². The maximum absolute atomic E-state index is 12.0. The molecule has 0 aliphatic carbocycles. The number of benzene rings is 1. The Kier molecular flexibility index (Phi) is 4.13. The second-order valence-electron chi connectivity index (χ2n) is 3.52. The van der Waals surface area contributed by atoms with E-state index in [-0.39, 0.29) is 5.56 Å². The number of nitro groups is 1. The van der Waals surface area contributed by atoms with Gasteiger partial charge < -0.3 is 9.64 Å². The summed E-state index contributed by atoms with van der Waals surface area (Å²) in [5, 5.41) is 10.7. The lowest BCUT2D eigenvalue weighted by atomic mass is 10.1. The molecule has 0 radical (unpaired) electrons. The lowest BCUT2D eigenvalue weighted by Gasteiger charge is -2.11. The molecule has 0 N–H and O–H groups in total. The van der Waals surface area contributed by atoms with Crippen LogP contribution in [0, 0.1) is 10.1 Å². The van der Waals surface area contributed by atoms with Gasteiger partial charge in [-0.2, -0.15) is 8.78 Å². The summed E-state index contributed by atoms with van der Waals surface area (Å²) in [6.45, 7) is -3.17. The molecule has 98 valence electrons. The number of ether oxygens (including phenoxy) is 1. The Bertz CT molecular complexity index is 477. The lowest BCUT2D eigenvalue weighted by molar-refractivity contribution is -0.386. The van der Waals surface area contributed by atoms with Crippen LogP contribution in [0.25, 0.3) is 0 Å². The van der Waals surface area contributed by atoms with E-state index in [4.69, 9.17) is 0 Å². The van der Waals surface area contributed by atoms with Crippen LogP contribution >= 0.6 is 0 Å². The average Bonchev–Trinajstić information content (AvgIpc) is 2.27. The molecule has 0 spiro atoms. The van der Waals surface area contributed by atoms with Crippen LogP contribution in [0.1, 0.15) is 10.4 Å². The van der Waals surface area contributed by atoms with Crippen LogP contribution in [0.5, 0.6) is 5.75 Å². The van der Waals surface area contributed by atoms with Gasteiger partial charge in [-0.1, -0.05) is 0 Å². The second-order valence-corrected chi connectivity index (χ2v) is 3.52. The first-order chi connectivity index (χ1) is 8.32. The molecule has 18 heavy (non-hydrogen) atoms. The van der Waals surface area contributed by atoms with Gasteiger partial charge in [-0.25, -0.2) is 0 Å². The van der Waals surface area contributed by atoms with Gasteiger partial charge in [0, 0.05) is 25.7 Å². The van der Waals surface area contributed by atoms with E-state index in [1.54, 1.807) is 0 Å². The molecular weight excluding hydrogens is 250 g/mol. The van der Waals surface area contributed by atoms with Gasteiger partial charge >= 0.3 is 12.3 Å². The van der Waals surface area contributed by atoms with E-state index in [1.807, 2.05) is 0 Å². The molecule has 0 aliphatic rings. The molecule has 1 aromatic rings. The molecule has 0 bridgehead atoms. The molecule has 1 amide bonds. The van der Waals surface area contributed by atoms with Crippen LogP contribution in [0.4, 0.5) is 14.5 Å². The van der Waals surface area contributed by atoms with Crippen molar-refractivity contribution in [1.82, 2.24) is 4.90 Å². The number of halogens is 2. The predicted molar refractivity (Wildman–Crippen MR) is 57.7 cm³/mol. The summed E-state index contributed by atoms with van der Waals surface area (Å²) in [5.74, 6) is -1.05. The van der Waals surface area contributed by atoms with Gasteiger partial charge in [0.25, 0.3) is 5.91 Å². The van der Waals surface area contributed by atoms with Crippen LogP contribution in [-0.4, -0.2) is 36.4 Å². The van der Waals surface area contributed by atoms with Crippen LogP contribution in [0.2, 0.25) is 0 Å². The highest BCUT2D eigenvalue weighted by atomic mass is 19.3. The van der Waals surface area contributed by atoms with Gasteiger partial charge in [0.05, 0.1) is 4.92 Å². The van der Waals surface area contributed by atoms with Crippen molar-refractivity contribution in [2.45, 2.75) is 6.61 Å². The van der Waals surface area contributed by atoms with Crippen molar-refractivity contribution in [2.75, 3.05) is 14.1 Å². The van der Waals surface area contributed by atoms with Gasteiger partial charge in [0.15, 0.2) is 0 Å². The summed E-state index contributed by atoms with van der Waals surface area (Å²) in [5.41, 5.74) is -0.656. The topological polar surface area (TPSA) is 72.7 Å². The molecule has 0 aliphatic heterocycles. The van der Waals surface area contributed by atoms with Crippen molar-refractivity contribution in [3.63, 3.8) is 0 Å². The van der Waals surface area contributed by atoms with Gasteiger partial charge in [-0.3, -0.25) is 14.9 Å². The molecule has 0 atom stereocenters. The minimum atomic E-state index is -3.17. The third-order valence-corrected chi connectivity index (χ3v) is 2.02. The van der Waals surface area contributed by atoms with Gasteiger partial charge in [0.2, 0.25) is 5.75 Å². The third-order valence-electron chi connectivity index (χ3n) is 2.02. The molecule has 1 aromatic carbocycles. The Morgan fingerprint density at radius 3 is 2.50 bits per heavy atom. The molecule has 0 saturated heterocycles. The quantitative estimate of drug-likeness (QED) is 0.612. The first-order valence-corrected chi connectivity index (χ1v) is 4.78. The number of nitro benzene ring substituents is 1. The van der Waals surface area contributed by atoms with E-state index in [0.29, 0.717) is 0 Å². The number of nitrogens with zero attached hydrogens (tertiary/aromatic N) is 2. The van der Waals surface area contributed by atoms with E-state index in [0.717, 1.165) is 12.1 Å². The smallest absolute Gasteiger partial charge is 0.387 e. The monoisotopic (exact) mass is 260 g/mol. The Hall–Kier alpha value is -2.25. The molecule has 6 nitrogen and oxygen atoms in total. The SMILES string of the molecule is CN(C)C(=O)c1ccc(OC(F)F)c([N+](=O)[O-])c1. The lowest BCUT2D eigenvalue weighted by Crippen LogP contribution is -2.21. The van der Waals surface area contributed by atoms with Crippen LogP contribution in [-0.2, 0) is 0 Å². The summed E-state index contributed by atoms with van der Waals surface area (Å²) >= 11 is 0. The Morgan fingerprint density at radius 2 is 2.06 bits per heavy atom. The minimum Gasteiger partial charge on any atom is -0.427 e. The number of hydrogen-bond acceptors (Lipinski definition) is 4.